The van der Waals surface area contributed by atoms with Gasteiger partial charge >= 0.3 is 0 Å². The first-order valence-corrected chi connectivity index (χ1v) is 4.15. The molecule has 0 N–H and O–H groups in total. The van der Waals surface area contributed by atoms with Crippen molar-refractivity contribution in [2.75, 3.05) is 28.1 Å². The van der Waals surface area contributed by atoms with E-state index < -0.39 is 0 Å². The maximum Gasteiger partial charge on any atom is 0.188 e. The van der Waals surface area contributed by atoms with Crippen LogP contribution in [0.3, 0.4) is 0 Å². The second-order valence-corrected chi connectivity index (χ2v) is 2.57. The van der Waals surface area contributed by atoms with Crippen LogP contribution in [0.25, 0.3) is 0 Å². The lowest BCUT2D eigenvalue weighted by atomic mass is 10.3. The zero-order chi connectivity index (χ0) is 10.4. The van der Waals surface area contributed by atoms with Gasteiger partial charge in [-0.1, -0.05) is 0 Å². The first kappa shape index (κ1) is 10.7. The Kier molecular flexibility index (Phi) is 4.07. The summed E-state index contributed by atoms with van der Waals surface area (Å²) in [6.07, 6.45) is 0. The van der Waals surface area contributed by atoms with Crippen LogP contribution in [0, 0.1) is 0 Å². The highest BCUT2D eigenvalue weighted by Crippen LogP contribution is 2.30. The van der Waals surface area contributed by atoms with E-state index in [0.29, 0.717) is 11.5 Å². The van der Waals surface area contributed by atoms with Crippen molar-refractivity contribution in [1.82, 2.24) is 0 Å². The van der Waals surface area contributed by atoms with Crippen molar-refractivity contribution in [2.45, 2.75) is 0 Å². The van der Waals surface area contributed by atoms with Crippen LogP contribution in [0.4, 0.5) is 0 Å². The molecule has 0 amide bonds. The number of rotatable bonds is 5. The van der Waals surface area contributed by atoms with E-state index in [9.17, 15) is 0 Å². The van der Waals surface area contributed by atoms with Gasteiger partial charge in [-0.3, -0.25) is 0 Å². The van der Waals surface area contributed by atoms with Crippen LogP contribution in [0.15, 0.2) is 18.2 Å². The van der Waals surface area contributed by atoms with Gasteiger partial charge in [0.05, 0.1) is 14.2 Å². The van der Waals surface area contributed by atoms with E-state index in [0.717, 1.165) is 5.75 Å². The van der Waals surface area contributed by atoms with Gasteiger partial charge in [-0.2, -0.15) is 0 Å². The molecule has 0 aliphatic rings. The Labute approximate surface area is 83.3 Å². The Balaban J connectivity index is 2.84. The quantitative estimate of drug-likeness (QED) is 0.674. The van der Waals surface area contributed by atoms with Gasteiger partial charge in [0, 0.05) is 13.2 Å². The molecule has 4 nitrogen and oxygen atoms in total. The summed E-state index contributed by atoms with van der Waals surface area (Å²) in [4.78, 5) is 0. The molecule has 4 heteroatoms. The standard InChI is InChI=1S/C10H14O4/c1-11-7-14-10-6-8(12-2)4-5-9(10)13-3/h4-6H,7H2,1-3H3. The Hall–Kier alpha value is -1.42. The fraction of sp³-hybridized carbons (Fsp3) is 0.400. The van der Waals surface area contributed by atoms with Crippen molar-refractivity contribution in [1.29, 1.82) is 0 Å². The van der Waals surface area contributed by atoms with Crippen LogP contribution < -0.4 is 14.2 Å². The molecule has 1 aromatic carbocycles. The molecule has 0 atom stereocenters. The highest BCUT2D eigenvalue weighted by atomic mass is 16.7. The van der Waals surface area contributed by atoms with Crippen molar-refractivity contribution in [3.8, 4) is 17.2 Å². The average Bonchev–Trinajstić information content (AvgIpc) is 2.25. The Morgan fingerprint density at radius 1 is 1.00 bits per heavy atom. The maximum atomic E-state index is 5.29. The summed E-state index contributed by atoms with van der Waals surface area (Å²) in [6.45, 7) is 0.184. The molecule has 0 unspecified atom stereocenters. The number of benzene rings is 1. The van der Waals surface area contributed by atoms with E-state index in [-0.39, 0.29) is 6.79 Å². The zero-order valence-corrected chi connectivity index (χ0v) is 8.57. The van der Waals surface area contributed by atoms with Crippen LogP contribution in [0.5, 0.6) is 17.2 Å². The number of ether oxygens (including phenoxy) is 4. The summed E-state index contributed by atoms with van der Waals surface area (Å²) in [5.41, 5.74) is 0. The second kappa shape index (κ2) is 5.34. The monoisotopic (exact) mass is 198 g/mol. The molecule has 14 heavy (non-hydrogen) atoms. The first-order chi connectivity index (χ1) is 6.81. The van der Waals surface area contributed by atoms with Gasteiger partial charge in [0.1, 0.15) is 5.75 Å². The number of hydrogen-bond donors (Lipinski definition) is 0. The molecule has 0 fully saturated rings. The van der Waals surface area contributed by atoms with Crippen LogP contribution in [0.2, 0.25) is 0 Å². The average molecular weight is 198 g/mol. The Morgan fingerprint density at radius 3 is 2.36 bits per heavy atom. The summed E-state index contributed by atoms with van der Waals surface area (Å²) in [7, 11) is 4.75. The number of methoxy groups -OCH3 is 3. The van der Waals surface area contributed by atoms with Gasteiger partial charge < -0.3 is 18.9 Å². The Bertz CT molecular complexity index is 285. The third kappa shape index (κ3) is 2.53. The Morgan fingerprint density at radius 2 is 1.79 bits per heavy atom. The summed E-state index contributed by atoms with van der Waals surface area (Å²) in [5.74, 6) is 1.98. The van der Waals surface area contributed by atoms with E-state index >= 15 is 0 Å². The van der Waals surface area contributed by atoms with Gasteiger partial charge in [-0.25, -0.2) is 0 Å². The molecule has 0 spiro atoms. The first-order valence-electron chi connectivity index (χ1n) is 4.15. The highest BCUT2D eigenvalue weighted by Gasteiger charge is 2.05. The van der Waals surface area contributed by atoms with E-state index in [1.165, 1.54) is 0 Å². The zero-order valence-electron chi connectivity index (χ0n) is 8.57. The van der Waals surface area contributed by atoms with Crippen LogP contribution in [-0.2, 0) is 4.74 Å². The van der Waals surface area contributed by atoms with Crippen molar-refractivity contribution in [3.63, 3.8) is 0 Å². The molecular formula is C10H14O4. The third-order valence-electron chi connectivity index (χ3n) is 1.70. The maximum absolute atomic E-state index is 5.29. The summed E-state index contributed by atoms with van der Waals surface area (Å²) >= 11 is 0. The molecule has 0 saturated carbocycles. The van der Waals surface area contributed by atoms with Gasteiger partial charge in [-0.05, 0) is 12.1 Å². The molecule has 0 bridgehead atoms. The second-order valence-electron chi connectivity index (χ2n) is 2.57. The van der Waals surface area contributed by atoms with Crippen LogP contribution >= 0.6 is 0 Å². The molecule has 78 valence electrons. The van der Waals surface area contributed by atoms with E-state index in [4.69, 9.17) is 18.9 Å². The lowest BCUT2D eigenvalue weighted by Gasteiger charge is -2.10. The van der Waals surface area contributed by atoms with Gasteiger partial charge in [0.15, 0.2) is 18.3 Å². The number of hydrogen-bond acceptors (Lipinski definition) is 4. The molecule has 0 saturated heterocycles. The van der Waals surface area contributed by atoms with Crippen molar-refractivity contribution >= 4 is 0 Å². The molecule has 1 rings (SSSR count). The predicted molar refractivity (Wildman–Crippen MR) is 52.1 cm³/mol. The molecular weight excluding hydrogens is 184 g/mol. The van der Waals surface area contributed by atoms with Crippen LogP contribution in [-0.4, -0.2) is 28.1 Å². The summed E-state index contributed by atoms with van der Waals surface area (Å²) < 4.78 is 20.3. The van der Waals surface area contributed by atoms with Gasteiger partial charge in [0.25, 0.3) is 0 Å². The lowest BCUT2D eigenvalue weighted by molar-refractivity contribution is 0.0490. The van der Waals surface area contributed by atoms with Crippen LogP contribution in [0.1, 0.15) is 0 Å². The smallest absolute Gasteiger partial charge is 0.188 e. The fourth-order valence-corrected chi connectivity index (χ4v) is 1.02. The fourth-order valence-electron chi connectivity index (χ4n) is 1.02. The third-order valence-corrected chi connectivity index (χ3v) is 1.70. The molecule has 0 aliphatic heterocycles. The topological polar surface area (TPSA) is 36.9 Å². The van der Waals surface area contributed by atoms with Gasteiger partial charge in [-0.15, -0.1) is 0 Å². The van der Waals surface area contributed by atoms with Crippen molar-refractivity contribution < 1.29 is 18.9 Å². The largest absolute Gasteiger partial charge is 0.497 e. The van der Waals surface area contributed by atoms with E-state index in [2.05, 4.69) is 0 Å². The molecule has 0 heterocycles. The van der Waals surface area contributed by atoms with E-state index in [1.54, 1.807) is 39.5 Å². The normalized spacial score (nSPS) is 9.64. The van der Waals surface area contributed by atoms with E-state index in [1.807, 2.05) is 0 Å². The molecule has 0 aromatic heterocycles. The van der Waals surface area contributed by atoms with Crippen molar-refractivity contribution in [2.24, 2.45) is 0 Å². The predicted octanol–water partition coefficient (Wildman–Crippen LogP) is 1.69. The minimum atomic E-state index is 0.184. The minimum Gasteiger partial charge on any atom is -0.497 e. The van der Waals surface area contributed by atoms with Crippen molar-refractivity contribution in [3.05, 3.63) is 18.2 Å². The summed E-state index contributed by atoms with van der Waals surface area (Å²) in [6, 6.07) is 5.33. The molecule has 0 radical (unpaired) electrons. The van der Waals surface area contributed by atoms with Gasteiger partial charge in [0.2, 0.25) is 0 Å². The lowest BCUT2D eigenvalue weighted by Crippen LogP contribution is -2.00. The highest BCUT2D eigenvalue weighted by molar-refractivity contribution is 5.45. The summed E-state index contributed by atoms with van der Waals surface area (Å²) in [5, 5.41) is 0. The molecule has 0 aliphatic carbocycles. The molecule has 1 aromatic rings. The minimum absolute atomic E-state index is 0.184. The SMILES string of the molecule is COCOc1cc(OC)ccc1OC.